The Hall–Kier alpha value is -3.31. The Morgan fingerprint density at radius 1 is 0.933 bits per heavy atom. The van der Waals surface area contributed by atoms with Gasteiger partial charge in [0.25, 0.3) is 5.91 Å². The van der Waals surface area contributed by atoms with E-state index in [2.05, 4.69) is 10.6 Å². The van der Waals surface area contributed by atoms with E-state index in [4.69, 9.17) is 16.3 Å². The van der Waals surface area contributed by atoms with E-state index in [0.717, 1.165) is 11.1 Å². The fourth-order valence-electron chi connectivity index (χ4n) is 2.83. The molecule has 3 aromatic carbocycles. The third kappa shape index (κ3) is 5.84. The van der Waals surface area contributed by atoms with Gasteiger partial charge in [-0.05, 0) is 30.7 Å². The molecule has 0 aliphatic carbocycles. The maximum atomic E-state index is 12.7. The molecule has 0 saturated carbocycles. The molecule has 0 fully saturated rings. The number of halogens is 1. The van der Waals surface area contributed by atoms with Crippen LogP contribution in [0.2, 0.25) is 5.02 Å². The molecule has 0 spiro atoms. The maximum Gasteiger partial charge on any atom is 0.255 e. The van der Waals surface area contributed by atoms with Gasteiger partial charge in [-0.2, -0.15) is 0 Å². The Kier molecular flexibility index (Phi) is 7.46. The third-order valence-corrected chi connectivity index (χ3v) is 4.89. The van der Waals surface area contributed by atoms with E-state index < -0.39 is 6.04 Å². The number of para-hydroxylation sites is 1. The molecule has 30 heavy (non-hydrogen) atoms. The van der Waals surface area contributed by atoms with Gasteiger partial charge < -0.3 is 15.4 Å². The number of amides is 2. The summed E-state index contributed by atoms with van der Waals surface area (Å²) < 4.78 is 5.83. The number of rotatable bonds is 8. The standard InChI is InChI=1S/C24H23ClN2O3/c1-17(23(28)26-15-18-9-3-2-4-10-18)27-24(29)20-12-6-8-14-22(20)30-16-19-11-5-7-13-21(19)25/h2-14,17H,15-16H2,1H3,(H,26,28)(H,27,29). The predicted molar refractivity (Wildman–Crippen MR) is 117 cm³/mol. The highest BCUT2D eigenvalue weighted by molar-refractivity contribution is 6.31. The summed E-state index contributed by atoms with van der Waals surface area (Å²) in [5.41, 5.74) is 2.16. The van der Waals surface area contributed by atoms with E-state index >= 15 is 0 Å². The van der Waals surface area contributed by atoms with Gasteiger partial charge in [-0.15, -0.1) is 0 Å². The summed E-state index contributed by atoms with van der Waals surface area (Å²) in [5, 5.41) is 6.15. The number of hydrogen-bond acceptors (Lipinski definition) is 3. The minimum Gasteiger partial charge on any atom is -0.488 e. The normalized spacial score (nSPS) is 11.4. The van der Waals surface area contributed by atoms with Crippen molar-refractivity contribution in [1.29, 1.82) is 0 Å². The minimum absolute atomic E-state index is 0.233. The lowest BCUT2D eigenvalue weighted by Gasteiger charge is -2.16. The van der Waals surface area contributed by atoms with Crippen LogP contribution in [0.4, 0.5) is 0 Å². The van der Waals surface area contributed by atoms with Crippen LogP contribution in [0.25, 0.3) is 0 Å². The van der Waals surface area contributed by atoms with Crippen LogP contribution >= 0.6 is 11.6 Å². The summed E-state index contributed by atoms with van der Waals surface area (Å²) >= 11 is 6.17. The molecule has 0 heterocycles. The van der Waals surface area contributed by atoms with Crippen LogP contribution in [-0.2, 0) is 17.9 Å². The van der Waals surface area contributed by atoms with Crippen molar-refractivity contribution in [2.45, 2.75) is 26.1 Å². The second kappa shape index (κ2) is 10.5. The van der Waals surface area contributed by atoms with Crippen molar-refractivity contribution in [2.24, 2.45) is 0 Å². The number of carbonyl (C=O) groups is 2. The molecule has 0 aliphatic rings. The highest BCUT2D eigenvalue weighted by Crippen LogP contribution is 2.22. The summed E-state index contributed by atoms with van der Waals surface area (Å²) in [6.45, 7) is 2.28. The van der Waals surface area contributed by atoms with Crippen molar-refractivity contribution in [3.63, 3.8) is 0 Å². The summed E-state index contributed by atoms with van der Waals surface area (Å²) in [4.78, 5) is 25.1. The number of nitrogens with one attached hydrogen (secondary N) is 2. The van der Waals surface area contributed by atoms with Crippen LogP contribution in [0.15, 0.2) is 78.9 Å². The van der Waals surface area contributed by atoms with E-state index in [1.54, 1.807) is 37.3 Å². The Labute approximate surface area is 181 Å². The van der Waals surface area contributed by atoms with Crippen molar-refractivity contribution in [2.75, 3.05) is 0 Å². The van der Waals surface area contributed by atoms with E-state index in [1.807, 2.05) is 48.5 Å². The van der Waals surface area contributed by atoms with Gasteiger partial charge >= 0.3 is 0 Å². The summed E-state index contributed by atoms with van der Waals surface area (Å²) in [7, 11) is 0. The van der Waals surface area contributed by atoms with Gasteiger partial charge in [0.1, 0.15) is 18.4 Å². The van der Waals surface area contributed by atoms with E-state index in [1.165, 1.54) is 0 Å². The first-order valence-corrected chi connectivity index (χ1v) is 10.00. The Morgan fingerprint density at radius 2 is 1.60 bits per heavy atom. The van der Waals surface area contributed by atoms with Crippen LogP contribution in [0.3, 0.4) is 0 Å². The smallest absolute Gasteiger partial charge is 0.255 e. The maximum absolute atomic E-state index is 12.7. The van der Waals surface area contributed by atoms with Crippen LogP contribution in [0, 0.1) is 0 Å². The molecule has 0 aromatic heterocycles. The van der Waals surface area contributed by atoms with Gasteiger partial charge in [0.15, 0.2) is 0 Å². The average molecular weight is 423 g/mol. The largest absolute Gasteiger partial charge is 0.488 e. The number of hydrogen-bond donors (Lipinski definition) is 2. The fraction of sp³-hybridized carbons (Fsp3) is 0.167. The lowest BCUT2D eigenvalue weighted by Crippen LogP contribution is -2.44. The minimum atomic E-state index is -0.696. The van der Waals surface area contributed by atoms with Crippen LogP contribution in [0.1, 0.15) is 28.4 Å². The number of benzene rings is 3. The monoisotopic (exact) mass is 422 g/mol. The first-order valence-electron chi connectivity index (χ1n) is 9.62. The van der Waals surface area contributed by atoms with Crippen LogP contribution in [-0.4, -0.2) is 17.9 Å². The zero-order chi connectivity index (χ0) is 21.3. The molecule has 0 bridgehead atoms. The molecule has 0 aliphatic heterocycles. The van der Waals surface area contributed by atoms with Gasteiger partial charge in [0.2, 0.25) is 5.91 Å². The van der Waals surface area contributed by atoms with Crippen molar-refractivity contribution >= 4 is 23.4 Å². The fourth-order valence-corrected chi connectivity index (χ4v) is 3.02. The molecule has 1 unspecified atom stereocenters. The molecule has 154 valence electrons. The quantitative estimate of drug-likeness (QED) is 0.567. The van der Waals surface area contributed by atoms with Crippen molar-refractivity contribution in [3.05, 3.63) is 101 Å². The van der Waals surface area contributed by atoms with Crippen LogP contribution < -0.4 is 15.4 Å². The number of carbonyl (C=O) groups excluding carboxylic acids is 2. The lowest BCUT2D eigenvalue weighted by atomic mass is 10.1. The Balaban J connectivity index is 1.59. The molecule has 3 rings (SSSR count). The second-order valence-electron chi connectivity index (χ2n) is 6.77. The van der Waals surface area contributed by atoms with E-state index in [-0.39, 0.29) is 18.4 Å². The molecule has 6 heteroatoms. The topological polar surface area (TPSA) is 67.4 Å². The molecule has 5 nitrogen and oxygen atoms in total. The van der Waals surface area contributed by atoms with Gasteiger partial charge in [-0.25, -0.2) is 0 Å². The zero-order valence-corrected chi connectivity index (χ0v) is 17.4. The van der Waals surface area contributed by atoms with E-state index in [9.17, 15) is 9.59 Å². The zero-order valence-electron chi connectivity index (χ0n) is 16.6. The Bertz CT molecular complexity index is 1010. The van der Waals surface area contributed by atoms with E-state index in [0.29, 0.717) is 22.9 Å². The van der Waals surface area contributed by atoms with Crippen molar-refractivity contribution < 1.29 is 14.3 Å². The van der Waals surface area contributed by atoms with Crippen molar-refractivity contribution in [3.8, 4) is 5.75 Å². The summed E-state index contributed by atoms with van der Waals surface area (Å²) in [5.74, 6) is -0.222. The average Bonchev–Trinajstić information content (AvgIpc) is 2.77. The summed E-state index contributed by atoms with van der Waals surface area (Å²) in [6.07, 6.45) is 0. The molecule has 2 amide bonds. The molecule has 0 radical (unpaired) electrons. The van der Waals surface area contributed by atoms with Gasteiger partial charge in [0, 0.05) is 17.1 Å². The van der Waals surface area contributed by atoms with Gasteiger partial charge in [-0.3, -0.25) is 9.59 Å². The van der Waals surface area contributed by atoms with Gasteiger partial charge in [-0.1, -0.05) is 72.3 Å². The first-order chi connectivity index (χ1) is 14.5. The SMILES string of the molecule is CC(NC(=O)c1ccccc1OCc1ccccc1Cl)C(=O)NCc1ccccc1. The Morgan fingerprint density at radius 3 is 2.37 bits per heavy atom. The third-order valence-electron chi connectivity index (χ3n) is 4.52. The van der Waals surface area contributed by atoms with Crippen molar-refractivity contribution in [1.82, 2.24) is 10.6 Å². The van der Waals surface area contributed by atoms with Crippen LogP contribution in [0.5, 0.6) is 5.75 Å². The lowest BCUT2D eigenvalue weighted by molar-refractivity contribution is -0.122. The molecular weight excluding hydrogens is 400 g/mol. The second-order valence-corrected chi connectivity index (χ2v) is 7.18. The van der Waals surface area contributed by atoms with Gasteiger partial charge in [0.05, 0.1) is 5.56 Å². The predicted octanol–water partition coefficient (Wildman–Crippen LogP) is 4.35. The highest BCUT2D eigenvalue weighted by Gasteiger charge is 2.19. The number of ether oxygens (including phenoxy) is 1. The summed E-state index contributed by atoms with van der Waals surface area (Å²) in [6, 6.07) is 23.2. The first kappa shape index (κ1) is 21.4. The molecular formula is C24H23ClN2O3. The highest BCUT2D eigenvalue weighted by atomic mass is 35.5. The molecule has 2 N–H and O–H groups in total. The molecule has 1 atom stereocenters. The molecule has 0 saturated heterocycles. The molecule has 3 aromatic rings.